The van der Waals surface area contributed by atoms with Crippen molar-refractivity contribution < 1.29 is 56.6 Å². The molecule has 0 aliphatic heterocycles. The van der Waals surface area contributed by atoms with Crippen molar-refractivity contribution in [3.8, 4) is 0 Å². The summed E-state index contributed by atoms with van der Waals surface area (Å²) in [4.78, 5) is 0. The van der Waals surface area contributed by atoms with Crippen LogP contribution in [0.1, 0.15) is 0 Å². The van der Waals surface area contributed by atoms with E-state index in [1.807, 2.05) is 15.9 Å². The Morgan fingerprint density at radius 2 is 1.20 bits per heavy atom. The molecule has 35 valence electrons. The molecule has 0 rings (SSSR count). The first-order valence-corrected chi connectivity index (χ1v) is 1.28. The maximum absolute atomic E-state index is 8.12. The number of rotatable bonds is 0. The molecule has 5 heavy (non-hydrogen) atoms. The van der Waals surface area contributed by atoms with Crippen LogP contribution >= 0.6 is 0 Å². The van der Waals surface area contributed by atoms with Gasteiger partial charge in [0, 0.05) is 16.8 Å². The van der Waals surface area contributed by atoms with E-state index >= 15 is 0 Å². The zero-order valence-corrected chi connectivity index (χ0v) is 5.33. The van der Waals surface area contributed by atoms with Crippen LogP contribution in [0.3, 0.4) is 0 Å². The fourth-order valence-corrected chi connectivity index (χ4v) is 0. The Bertz CT molecular complexity index is 11.6. The normalized spacial score (nSPS) is 1.80. The molecule has 0 heterocycles. The second kappa shape index (κ2) is 66.5. The van der Waals surface area contributed by atoms with Gasteiger partial charge in [0.15, 0.2) is 0 Å². The van der Waals surface area contributed by atoms with Crippen LogP contribution in [0.4, 0.5) is 0 Å². The molecule has 0 aliphatic rings. The first-order chi connectivity index (χ1) is 2.00. The van der Waals surface area contributed by atoms with Crippen molar-refractivity contribution in [2.75, 3.05) is 0 Å². The quantitative estimate of drug-likeness (QED) is 0.504. The molecule has 5 heteroatoms. The summed E-state index contributed by atoms with van der Waals surface area (Å²) in [5.41, 5.74) is 0. The summed E-state index contributed by atoms with van der Waals surface area (Å²) in [5, 5.41) is 0. The van der Waals surface area contributed by atoms with E-state index in [-0.39, 0.29) is 16.8 Å². The summed E-state index contributed by atoms with van der Waals surface area (Å²) in [6.07, 6.45) is 0. The minimum absolute atomic E-state index is 0. The van der Waals surface area contributed by atoms with Gasteiger partial charge in [0.1, 0.15) is 0 Å². The van der Waals surface area contributed by atoms with E-state index in [9.17, 15) is 0 Å². The molecular formula is CoCrFeO2. The molecule has 0 amide bonds. The van der Waals surface area contributed by atoms with Crippen molar-refractivity contribution in [2.45, 2.75) is 0 Å². The molecule has 0 fully saturated rings. The first-order valence-electron chi connectivity index (χ1n) is 0.311. The monoisotopic (exact) mass is 199 g/mol. The van der Waals surface area contributed by atoms with E-state index < -0.39 is 0 Å². The Kier molecular flexibility index (Phi) is 218. The molecule has 0 aliphatic carbocycles. The molecule has 0 bridgehead atoms. The fourth-order valence-electron chi connectivity index (χ4n) is 0. The Hall–Kier alpha value is 1.16. The fraction of sp³-hybridized carbons (Fsp3) is 0. The van der Waals surface area contributed by atoms with Gasteiger partial charge in [-0.1, -0.05) is 0 Å². The van der Waals surface area contributed by atoms with E-state index in [0.717, 1.165) is 0 Å². The summed E-state index contributed by atoms with van der Waals surface area (Å²) >= 11 is 3.38. The maximum atomic E-state index is 8.12. The van der Waals surface area contributed by atoms with E-state index in [4.69, 9.17) is 7.64 Å². The van der Waals surface area contributed by atoms with Crippen LogP contribution in [0, 0.1) is 0 Å². The van der Waals surface area contributed by atoms with Crippen molar-refractivity contribution in [3.05, 3.63) is 0 Å². The second-order valence-corrected chi connectivity index (χ2v) is 0. The average Bonchev–Trinajstić information content (AvgIpc) is 1.50. The third-order valence-electron chi connectivity index (χ3n) is 0. The van der Waals surface area contributed by atoms with Gasteiger partial charge in [0.25, 0.3) is 0 Å². The summed E-state index contributed by atoms with van der Waals surface area (Å²) < 4.78 is 16.1. The summed E-state index contributed by atoms with van der Waals surface area (Å²) in [6, 6.07) is 0. The predicted molar refractivity (Wildman–Crippen MR) is 1.37 cm³/mol. The molecule has 2 nitrogen and oxygen atoms in total. The van der Waals surface area contributed by atoms with Gasteiger partial charge in [0.05, 0.1) is 0 Å². The zero-order chi connectivity index (χ0) is 4.00. The van der Waals surface area contributed by atoms with Crippen molar-refractivity contribution >= 4 is 0 Å². The van der Waals surface area contributed by atoms with Crippen LogP contribution in [0.2, 0.25) is 0 Å². The van der Waals surface area contributed by atoms with Crippen LogP contribution in [-0.2, 0) is 56.6 Å². The van der Waals surface area contributed by atoms with Crippen molar-refractivity contribution in [1.82, 2.24) is 0 Å². The standard InChI is InChI=1S/Co.Cr.Fe.2O. The van der Waals surface area contributed by atoms with Crippen molar-refractivity contribution in [3.63, 3.8) is 0 Å². The Morgan fingerprint density at radius 1 is 1.20 bits per heavy atom. The molecule has 0 N–H and O–H groups in total. The molecule has 1 radical (unpaired) electrons. The third kappa shape index (κ3) is 38.3. The average molecular weight is 199 g/mol. The third-order valence-corrected chi connectivity index (χ3v) is 0. The van der Waals surface area contributed by atoms with Crippen LogP contribution in [0.25, 0.3) is 0 Å². The molecule has 0 aromatic heterocycles. The molecule has 0 atom stereocenters. The van der Waals surface area contributed by atoms with E-state index in [0.29, 0.717) is 0 Å². The zero-order valence-electron chi connectivity index (χ0n) is 1.91. The van der Waals surface area contributed by atoms with Gasteiger partial charge in [-0.2, -0.15) is 0 Å². The molecule has 0 spiro atoms. The Morgan fingerprint density at radius 3 is 1.20 bits per heavy atom. The summed E-state index contributed by atoms with van der Waals surface area (Å²) in [7, 11) is 0. The molecule has 0 saturated heterocycles. The van der Waals surface area contributed by atoms with Gasteiger partial charge in [-0.3, -0.25) is 0 Å². The van der Waals surface area contributed by atoms with E-state index in [2.05, 4.69) is 0 Å². The second-order valence-electron chi connectivity index (χ2n) is 0. The van der Waals surface area contributed by atoms with Crippen LogP contribution < -0.4 is 0 Å². The number of hydrogen-bond acceptors (Lipinski definition) is 2. The minimum atomic E-state index is 0. The topological polar surface area (TPSA) is 34.1 Å². The van der Waals surface area contributed by atoms with Gasteiger partial charge >= 0.3 is 39.8 Å². The van der Waals surface area contributed by atoms with Gasteiger partial charge in [-0.15, -0.1) is 0 Å². The Balaban J connectivity index is -0.0000000133. The van der Waals surface area contributed by atoms with Crippen LogP contribution in [-0.4, -0.2) is 0 Å². The number of hydrogen-bond donors (Lipinski definition) is 0. The van der Waals surface area contributed by atoms with Crippen molar-refractivity contribution in [1.29, 1.82) is 0 Å². The molecular weight excluding hydrogens is 199 g/mol. The molecule has 0 unspecified atom stereocenters. The van der Waals surface area contributed by atoms with Crippen molar-refractivity contribution in [2.24, 2.45) is 0 Å². The van der Waals surface area contributed by atoms with Gasteiger partial charge in [-0.25, -0.2) is 0 Å². The van der Waals surface area contributed by atoms with Gasteiger partial charge in [-0.05, 0) is 0 Å². The predicted octanol–water partition coefficient (Wildman–Crippen LogP) is -0.245. The van der Waals surface area contributed by atoms with Crippen LogP contribution in [0.5, 0.6) is 0 Å². The van der Waals surface area contributed by atoms with Gasteiger partial charge < -0.3 is 0 Å². The van der Waals surface area contributed by atoms with E-state index in [1.165, 1.54) is 16.2 Å². The van der Waals surface area contributed by atoms with Crippen LogP contribution in [0.15, 0.2) is 0 Å². The molecule has 0 saturated carbocycles. The first kappa shape index (κ1) is 16.4. The van der Waals surface area contributed by atoms with E-state index in [1.54, 1.807) is 0 Å². The summed E-state index contributed by atoms with van der Waals surface area (Å²) in [5.74, 6) is 0. The Labute approximate surface area is 56.5 Å². The molecule has 0 aromatic carbocycles. The SMILES string of the molecule is [Co].[O]=[Cr].[O]=[Fe]. The van der Waals surface area contributed by atoms with Gasteiger partial charge in [0.2, 0.25) is 0 Å². The summed E-state index contributed by atoms with van der Waals surface area (Å²) in [6.45, 7) is 0. The molecule has 0 aromatic rings.